The van der Waals surface area contributed by atoms with E-state index in [2.05, 4.69) is 27.5 Å². The number of aromatic nitrogens is 1. The Bertz CT molecular complexity index is 455. The first-order valence-electron chi connectivity index (χ1n) is 7.86. The molecule has 0 radical (unpaired) electrons. The van der Waals surface area contributed by atoms with E-state index in [-0.39, 0.29) is 24.2 Å². The van der Waals surface area contributed by atoms with Gasteiger partial charge in [0.15, 0.2) is 0 Å². The van der Waals surface area contributed by atoms with Crippen LogP contribution in [0.5, 0.6) is 0 Å². The van der Waals surface area contributed by atoms with E-state index >= 15 is 0 Å². The highest BCUT2D eigenvalue weighted by molar-refractivity contribution is 7.09. The zero-order valence-electron chi connectivity index (χ0n) is 13.2. The maximum absolute atomic E-state index is 12.0. The van der Waals surface area contributed by atoms with Crippen LogP contribution in [0, 0.1) is 5.92 Å². The lowest BCUT2D eigenvalue weighted by Crippen LogP contribution is -2.43. The summed E-state index contributed by atoms with van der Waals surface area (Å²) >= 11 is 1.74. The summed E-state index contributed by atoms with van der Waals surface area (Å²) in [5, 5.41) is 6.23. The standard InChI is InChI=1S/C15H26N4OS.ClH/c1-2-4-13-11-21-14(18-13)10-19-8-3-5-12(9-19)15(20)17-7-6-16;/h11-12H,2-10,16H2,1H3,(H,17,20);1H. The topological polar surface area (TPSA) is 71.2 Å². The Morgan fingerprint density at radius 1 is 1.59 bits per heavy atom. The minimum Gasteiger partial charge on any atom is -0.355 e. The Kier molecular flexibility index (Phi) is 8.93. The monoisotopic (exact) mass is 346 g/mol. The summed E-state index contributed by atoms with van der Waals surface area (Å²) < 4.78 is 0. The van der Waals surface area contributed by atoms with E-state index < -0.39 is 0 Å². The molecule has 2 heterocycles. The second kappa shape index (κ2) is 10.2. The average Bonchev–Trinajstić information content (AvgIpc) is 2.92. The number of nitrogens with two attached hydrogens (primary N) is 1. The Hall–Kier alpha value is -0.690. The molecule has 1 aliphatic heterocycles. The molecule has 7 heteroatoms. The molecule has 3 N–H and O–H groups in total. The predicted molar refractivity (Wildman–Crippen MR) is 93.4 cm³/mol. The van der Waals surface area contributed by atoms with Gasteiger partial charge in [0.05, 0.1) is 18.2 Å². The van der Waals surface area contributed by atoms with Gasteiger partial charge in [-0.1, -0.05) is 13.3 Å². The summed E-state index contributed by atoms with van der Waals surface area (Å²) in [6.45, 7) is 6.01. The lowest BCUT2D eigenvalue weighted by molar-refractivity contribution is -0.126. The maximum atomic E-state index is 12.0. The molecule has 1 fully saturated rings. The highest BCUT2D eigenvalue weighted by Gasteiger charge is 2.25. The van der Waals surface area contributed by atoms with Crippen molar-refractivity contribution in [1.29, 1.82) is 0 Å². The van der Waals surface area contributed by atoms with Gasteiger partial charge in [0.1, 0.15) is 5.01 Å². The third-order valence-electron chi connectivity index (χ3n) is 3.78. The van der Waals surface area contributed by atoms with Crippen LogP contribution in [0.25, 0.3) is 0 Å². The van der Waals surface area contributed by atoms with Crippen LogP contribution in [0.1, 0.15) is 36.9 Å². The van der Waals surface area contributed by atoms with Crippen LogP contribution in [0.2, 0.25) is 0 Å². The summed E-state index contributed by atoms with van der Waals surface area (Å²) in [6, 6.07) is 0. The molecule has 2 rings (SSSR count). The molecule has 0 spiro atoms. The Balaban J connectivity index is 0.00000242. The van der Waals surface area contributed by atoms with Crippen molar-refractivity contribution < 1.29 is 4.79 Å². The highest BCUT2D eigenvalue weighted by atomic mass is 35.5. The van der Waals surface area contributed by atoms with Crippen molar-refractivity contribution in [3.8, 4) is 0 Å². The number of halogens is 1. The van der Waals surface area contributed by atoms with Gasteiger partial charge in [-0.2, -0.15) is 0 Å². The Morgan fingerprint density at radius 2 is 2.41 bits per heavy atom. The number of aryl methyl sites for hydroxylation is 1. The van der Waals surface area contributed by atoms with Gasteiger partial charge in [0.25, 0.3) is 0 Å². The summed E-state index contributed by atoms with van der Waals surface area (Å²) in [6.07, 6.45) is 4.25. The van der Waals surface area contributed by atoms with Crippen LogP contribution in [0.3, 0.4) is 0 Å². The van der Waals surface area contributed by atoms with Crippen molar-refractivity contribution in [2.75, 3.05) is 26.2 Å². The molecule has 1 unspecified atom stereocenters. The Labute approximate surface area is 143 Å². The third kappa shape index (κ3) is 5.83. The smallest absolute Gasteiger partial charge is 0.224 e. The van der Waals surface area contributed by atoms with Crippen LogP contribution < -0.4 is 11.1 Å². The van der Waals surface area contributed by atoms with Gasteiger partial charge in [-0.05, 0) is 25.8 Å². The number of hydrogen-bond donors (Lipinski definition) is 2. The molecule has 0 aromatic carbocycles. The minimum atomic E-state index is 0. The molecule has 1 aromatic rings. The number of piperidine rings is 1. The fourth-order valence-corrected chi connectivity index (χ4v) is 3.61. The molecule has 0 saturated carbocycles. The molecule has 1 amide bonds. The second-order valence-electron chi connectivity index (χ2n) is 5.64. The molecule has 1 aliphatic rings. The molecule has 1 aromatic heterocycles. The van der Waals surface area contributed by atoms with Crippen molar-refractivity contribution in [2.45, 2.75) is 39.2 Å². The summed E-state index contributed by atoms with van der Waals surface area (Å²) in [5.74, 6) is 0.247. The lowest BCUT2D eigenvalue weighted by atomic mass is 9.97. The largest absolute Gasteiger partial charge is 0.355 e. The van der Waals surface area contributed by atoms with Crippen LogP contribution in [0.4, 0.5) is 0 Å². The first-order valence-corrected chi connectivity index (χ1v) is 8.74. The summed E-state index contributed by atoms with van der Waals surface area (Å²) in [5.41, 5.74) is 6.63. The first-order chi connectivity index (χ1) is 10.2. The fraction of sp³-hybridized carbons (Fsp3) is 0.733. The molecule has 22 heavy (non-hydrogen) atoms. The SMILES string of the molecule is CCCc1csc(CN2CCCC(C(=O)NCCN)C2)n1.Cl. The van der Waals surface area contributed by atoms with Gasteiger partial charge < -0.3 is 11.1 Å². The van der Waals surface area contributed by atoms with Crippen molar-refractivity contribution in [3.63, 3.8) is 0 Å². The van der Waals surface area contributed by atoms with E-state index in [0.29, 0.717) is 13.1 Å². The number of rotatable bonds is 7. The van der Waals surface area contributed by atoms with E-state index in [9.17, 15) is 4.79 Å². The van der Waals surface area contributed by atoms with Gasteiger partial charge in [0.2, 0.25) is 5.91 Å². The van der Waals surface area contributed by atoms with Crippen molar-refractivity contribution in [1.82, 2.24) is 15.2 Å². The second-order valence-corrected chi connectivity index (χ2v) is 6.58. The van der Waals surface area contributed by atoms with Crippen molar-refractivity contribution in [3.05, 3.63) is 16.1 Å². The van der Waals surface area contributed by atoms with Gasteiger partial charge in [-0.3, -0.25) is 9.69 Å². The number of carbonyl (C=O) groups is 1. The van der Waals surface area contributed by atoms with Gasteiger partial charge in [-0.15, -0.1) is 23.7 Å². The number of likely N-dealkylation sites (tertiary alicyclic amines) is 1. The summed E-state index contributed by atoms with van der Waals surface area (Å²) in [7, 11) is 0. The Morgan fingerprint density at radius 3 is 3.14 bits per heavy atom. The van der Waals surface area contributed by atoms with E-state index in [1.165, 1.54) is 10.7 Å². The molecule has 0 bridgehead atoms. The van der Waals surface area contributed by atoms with Crippen molar-refractivity contribution in [2.24, 2.45) is 11.7 Å². The van der Waals surface area contributed by atoms with E-state index in [1.807, 2.05) is 0 Å². The van der Waals surface area contributed by atoms with E-state index in [1.54, 1.807) is 11.3 Å². The quantitative estimate of drug-likeness (QED) is 0.789. The van der Waals surface area contributed by atoms with Crippen molar-refractivity contribution >= 4 is 29.7 Å². The molecule has 1 saturated heterocycles. The maximum Gasteiger partial charge on any atom is 0.224 e. The van der Waals surface area contributed by atoms with Gasteiger partial charge >= 0.3 is 0 Å². The van der Waals surface area contributed by atoms with Crippen LogP contribution in [-0.4, -0.2) is 42.0 Å². The van der Waals surface area contributed by atoms with Crippen LogP contribution >= 0.6 is 23.7 Å². The van der Waals surface area contributed by atoms with E-state index in [4.69, 9.17) is 5.73 Å². The predicted octanol–water partition coefficient (Wildman–Crippen LogP) is 1.80. The third-order valence-corrected chi connectivity index (χ3v) is 4.67. The number of amides is 1. The summed E-state index contributed by atoms with van der Waals surface area (Å²) in [4.78, 5) is 19.1. The molecule has 0 aliphatic carbocycles. The fourth-order valence-electron chi connectivity index (χ4n) is 2.74. The number of thiazole rings is 1. The van der Waals surface area contributed by atoms with Crippen LogP contribution in [0.15, 0.2) is 5.38 Å². The molecular weight excluding hydrogens is 320 g/mol. The highest BCUT2D eigenvalue weighted by Crippen LogP contribution is 2.20. The van der Waals surface area contributed by atoms with Crippen LogP contribution in [-0.2, 0) is 17.8 Å². The number of carbonyl (C=O) groups excluding carboxylic acids is 1. The minimum absolute atomic E-state index is 0. The molecular formula is C15H27ClN4OS. The zero-order chi connectivity index (χ0) is 15.1. The molecule has 126 valence electrons. The number of hydrogen-bond acceptors (Lipinski definition) is 5. The zero-order valence-corrected chi connectivity index (χ0v) is 14.8. The molecule has 5 nitrogen and oxygen atoms in total. The normalized spacial score (nSPS) is 18.7. The van der Waals surface area contributed by atoms with E-state index in [0.717, 1.165) is 45.3 Å². The molecule has 1 atom stereocenters. The number of nitrogens with one attached hydrogen (secondary N) is 1. The van der Waals surface area contributed by atoms with Gasteiger partial charge in [-0.25, -0.2) is 4.98 Å². The van der Waals surface area contributed by atoms with Gasteiger partial charge in [0, 0.05) is 25.0 Å². The number of nitrogens with zero attached hydrogens (tertiary/aromatic N) is 2. The lowest BCUT2D eigenvalue weighted by Gasteiger charge is -2.31. The average molecular weight is 347 g/mol. The first kappa shape index (κ1) is 19.4.